The Balaban J connectivity index is 2.08. The van der Waals surface area contributed by atoms with Crippen molar-refractivity contribution in [1.82, 2.24) is 4.90 Å². The number of amidine groups is 1. The minimum Gasteiger partial charge on any atom is -0.497 e. The van der Waals surface area contributed by atoms with Crippen molar-refractivity contribution in [2.75, 3.05) is 14.2 Å². The van der Waals surface area contributed by atoms with Gasteiger partial charge in [0.2, 0.25) is 0 Å². The number of rotatable bonds is 4. The Bertz CT molecular complexity index is 552. The van der Waals surface area contributed by atoms with Gasteiger partial charge in [-0.1, -0.05) is 42.5 Å². The molecule has 0 bridgehead atoms. The zero-order valence-electron chi connectivity index (χ0n) is 11.3. The van der Waals surface area contributed by atoms with Crippen molar-refractivity contribution in [3.63, 3.8) is 0 Å². The maximum Gasteiger partial charge on any atom is 0.128 e. The van der Waals surface area contributed by atoms with Crippen LogP contribution in [0.2, 0.25) is 0 Å². The zero-order chi connectivity index (χ0) is 13.7. The lowest BCUT2D eigenvalue weighted by Crippen LogP contribution is -2.26. The quantitative estimate of drug-likeness (QED) is 0.672. The molecule has 0 amide bonds. The predicted octanol–water partition coefficient (Wildman–Crippen LogP) is 3.15. The number of benzene rings is 2. The summed E-state index contributed by atoms with van der Waals surface area (Å²) >= 11 is 0. The van der Waals surface area contributed by atoms with Crippen LogP contribution in [0.3, 0.4) is 0 Å². The Kier molecular flexibility index (Phi) is 4.18. The average molecular weight is 254 g/mol. The van der Waals surface area contributed by atoms with E-state index in [4.69, 9.17) is 10.1 Å². The molecule has 2 aromatic carbocycles. The number of ether oxygens (including phenoxy) is 1. The van der Waals surface area contributed by atoms with Crippen LogP contribution in [0.1, 0.15) is 11.1 Å². The van der Waals surface area contributed by atoms with Gasteiger partial charge in [0.25, 0.3) is 0 Å². The molecule has 3 heteroatoms. The number of methoxy groups -OCH3 is 1. The molecule has 3 nitrogen and oxygen atoms in total. The summed E-state index contributed by atoms with van der Waals surface area (Å²) in [6, 6.07) is 17.7. The molecule has 0 radical (unpaired) electrons. The highest BCUT2D eigenvalue weighted by Crippen LogP contribution is 2.14. The third kappa shape index (κ3) is 3.35. The second-order valence-electron chi connectivity index (χ2n) is 4.42. The van der Waals surface area contributed by atoms with E-state index in [-0.39, 0.29) is 0 Å². The van der Waals surface area contributed by atoms with Gasteiger partial charge in [0.15, 0.2) is 0 Å². The standard InChI is InChI=1S/C16H18N2O/c1-18(16(17)14-8-4-3-5-9-14)12-13-7-6-10-15(11-13)19-2/h3-11,17H,12H2,1-2H3. The van der Waals surface area contributed by atoms with Crippen LogP contribution in [0.5, 0.6) is 5.75 Å². The van der Waals surface area contributed by atoms with E-state index in [1.807, 2.05) is 66.5 Å². The minimum atomic E-state index is 0.517. The lowest BCUT2D eigenvalue weighted by Gasteiger charge is -2.20. The largest absolute Gasteiger partial charge is 0.497 e. The summed E-state index contributed by atoms with van der Waals surface area (Å²) in [6.07, 6.45) is 0. The van der Waals surface area contributed by atoms with Crippen LogP contribution in [-0.2, 0) is 6.54 Å². The van der Waals surface area contributed by atoms with Gasteiger partial charge >= 0.3 is 0 Å². The highest BCUT2D eigenvalue weighted by molar-refractivity contribution is 5.96. The van der Waals surface area contributed by atoms with E-state index in [9.17, 15) is 0 Å². The monoisotopic (exact) mass is 254 g/mol. The number of nitrogens with zero attached hydrogens (tertiary/aromatic N) is 1. The van der Waals surface area contributed by atoms with Crippen molar-refractivity contribution in [2.45, 2.75) is 6.54 Å². The molecule has 0 aliphatic carbocycles. The second kappa shape index (κ2) is 6.05. The molecule has 2 rings (SSSR count). The van der Waals surface area contributed by atoms with E-state index >= 15 is 0 Å². The van der Waals surface area contributed by atoms with Crippen molar-refractivity contribution in [3.8, 4) is 5.75 Å². The Labute approximate surface area is 114 Å². The summed E-state index contributed by atoms with van der Waals surface area (Å²) < 4.78 is 5.21. The molecule has 0 saturated heterocycles. The normalized spacial score (nSPS) is 10.0. The maximum absolute atomic E-state index is 8.18. The number of hydrogen-bond donors (Lipinski definition) is 1. The first-order chi connectivity index (χ1) is 9.20. The fraction of sp³-hybridized carbons (Fsp3) is 0.188. The molecule has 0 saturated carbocycles. The Morgan fingerprint density at radius 3 is 2.53 bits per heavy atom. The molecule has 1 N–H and O–H groups in total. The van der Waals surface area contributed by atoms with Crippen LogP contribution < -0.4 is 4.74 Å². The summed E-state index contributed by atoms with van der Waals surface area (Å²) in [5.41, 5.74) is 2.05. The van der Waals surface area contributed by atoms with Gasteiger partial charge in [0, 0.05) is 19.2 Å². The molecule has 19 heavy (non-hydrogen) atoms. The van der Waals surface area contributed by atoms with Gasteiger partial charge in [-0.2, -0.15) is 0 Å². The topological polar surface area (TPSA) is 36.3 Å². The van der Waals surface area contributed by atoms with E-state index in [2.05, 4.69) is 0 Å². The molecule has 0 atom stereocenters. The minimum absolute atomic E-state index is 0.517. The van der Waals surface area contributed by atoms with Crippen LogP contribution in [0.15, 0.2) is 54.6 Å². The summed E-state index contributed by atoms with van der Waals surface area (Å²) in [4.78, 5) is 1.92. The SMILES string of the molecule is COc1cccc(CN(C)C(=N)c2ccccc2)c1. The Hall–Kier alpha value is -2.29. The lowest BCUT2D eigenvalue weighted by atomic mass is 10.1. The van der Waals surface area contributed by atoms with E-state index < -0.39 is 0 Å². The predicted molar refractivity (Wildman–Crippen MR) is 77.7 cm³/mol. The van der Waals surface area contributed by atoms with E-state index in [1.54, 1.807) is 7.11 Å². The van der Waals surface area contributed by atoms with Gasteiger partial charge in [-0.05, 0) is 17.7 Å². The fourth-order valence-electron chi connectivity index (χ4n) is 1.94. The Morgan fingerprint density at radius 1 is 1.11 bits per heavy atom. The molecule has 0 aliphatic rings. The van der Waals surface area contributed by atoms with Crippen molar-refractivity contribution in [3.05, 3.63) is 65.7 Å². The number of nitrogens with one attached hydrogen (secondary N) is 1. The highest BCUT2D eigenvalue weighted by Gasteiger charge is 2.07. The summed E-state index contributed by atoms with van der Waals surface area (Å²) in [5, 5.41) is 8.18. The van der Waals surface area contributed by atoms with Crippen molar-refractivity contribution in [1.29, 1.82) is 5.41 Å². The van der Waals surface area contributed by atoms with Gasteiger partial charge < -0.3 is 9.64 Å². The number of hydrogen-bond acceptors (Lipinski definition) is 2. The molecule has 98 valence electrons. The van der Waals surface area contributed by atoms with Crippen LogP contribution in [0, 0.1) is 5.41 Å². The van der Waals surface area contributed by atoms with Crippen LogP contribution in [0.25, 0.3) is 0 Å². The van der Waals surface area contributed by atoms with Crippen molar-refractivity contribution in [2.24, 2.45) is 0 Å². The first-order valence-corrected chi connectivity index (χ1v) is 6.19. The molecule has 0 unspecified atom stereocenters. The highest BCUT2D eigenvalue weighted by atomic mass is 16.5. The van der Waals surface area contributed by atoms with Gasteiger partial charge in [0.05, 0.1) is 7.11 Å². The molecule has 0 aliphatic heterocycles. The smallest absolute Gasteiger partial charge is 0.128 e. The summed E-state index contributed by atoms with van der Waals surface area (Å²) in [5.74, 6) is 1.36. The van der Waals surface area contributed by atoms with Gasteiger partial charge in [-0.15, -0.1) is 0 Å². The van der Waals surface area contributed by atoms with E-state index in [0.29, 0.717) is 12.4 Å². The Morgan fingerprint density at radius 2 is 1.84 bits per heavy atom. The van der Waals surface area contributed by atoms with Crippen molar-refractivity contribution < 1.29 is 4.74 Å². The first kappa shape index (κ1) is 13.1. The maximum atomic E-state index is 8.18. The van der Waals surface area contributed by atoms with Crippen LogP contribution in [0.4, 0.5) is 0 Å². The lowest BCUT2D eigenvalue weighted by molar-refractivity contribution is 0.412. The van der Waals surface area contributed by atoms with Gasteiger partial charge in [-0.3, -0.25) is 5.41 Å². The van der Waals surface area contributed by atoms with E-state index in [0.717, 1.165) is 16.9 Å². The second-order valence-corrected chi connectivity index (χ2v) is 4.42. The molecular formula is C16H18N2O. The fourth-order valence-corrected chi connectivity index (χ4v) is 1.94. The third-order valence-electron chi connectivity index (χ3n) is 2.98. The van der Waals surface area contributed by atoms with E-state index in [1.165, 1.54) is 0 Å². The third-order valence-corrected chi connectivity index (χ3v) is 2.98. The van der Waals surface area contributed by atoms with Crippen LogP contribution in [-0.4, -0.2) is 24.9 Å². The molecule has 0 spiro atoms. The van der Waals surface area contributed by atoms with Gasteiger partial charge in [0.1, 0.15) is 11.6 Å². The molecule has 0 fully saturated rings. The van der Waals surface area contributed by atoms with Gasteiger partial charge in [-0.25, -0.2) is 0 Å². The molecule has 2 aromatic rings. The summed E-state index contributed by atoms with van der Waals surface area (Å²) in [6.45, 7) is 0.685. The average Bonchev–Trinajstić information content (AvgIpc) is 2.47. The van der Waals surface area contributed by atoms with Crippen molar-refractivity contribution >= 4 is 5.84 Å². The molecular weight excluding hydrogens is 236 g/mol. The summed E-state index contributed by atoms with van der Waals surface area (Å²) in [7, 11) is 3.59. The van der Waals surface area contributed by atoms with Crippen LogP contribution >= 0.6 is 0 Å². The molecule has 0 heterocycles. The first-order valence-electron chi connectivity index (χ1n) is 6.19. The molecule has 0 aromatic heterocycles. The zero-order valence-corrected chi connectivity index (χ0v) is 11.3.